The molecular formula is C18H21N3O3. The molecule has 2 aromatic rings. The van der Waals surface area contributed by atoms with Crippen molar-refractivity contribution in [3.05, 3.63) is 48.3 Å². The average Bonchev–Trinajstić information content (AvgIpc) is 2.54. The van der Waals surface area contributed by atoms with Gasteiger partial charge in [-0.25, -0.2) is 0 Å². The Hall–Kier alpha value is -2.44. The van der Waals surface area contributed by atoms with Crippen molar-refractivity contribution in [3.8, 4) is 11.5 Å². The van der Waals surface area contributed by atoms with Crippen LogP contribution in [0.4, 0.5) is 5.69 Å². The summed E-state index contributed by atoms with van der Waals surface area (Å²) >= 11 is 0. The number of nitrogens with one attached hydrogen (secondary N) is 2. The van der Waals surface area contributed by atoms with E-state index < -0.39 is 0 Å². The Kier molecular flexibility index (Phi) is 4.78. The third kappa shape index (κ3) is 3.72. The van der Waals surface area contributed by atoms with E-state index in [1.165, 1.54) is 0 Å². The summed E-state index contributed by atoms with van der Waals surface area (Å²) in [4.78, 5) is 16.2. The molecule has 2 N–H and O–H groups in total. The van der Waals surface area contributed by atoms with Crippen LogP contribution < -0.4 is 15.4 Å². The number of nitrogens with zero attached hydrogens (tertiary/aromatic N) is 1. The number of aryl methyl sites for hydroxylation is 1. The van der Waals surface area contributed by atoms with Crippen LogP contribution in [0.5, 0.6) is 11.5 Å². The maximum Gasteiger partial charge on any atom is 0.227 e. The summed E-state index contributed by atoms with van der Waals surface area (Å²) in [5.74, 6) is 1.39. The lowest BCUT2D eigenvalue weighted by molar-refractivity contribution is -0.126. The van der Waals surface area contributed by atoms with Crippen molar-refractivity contribution in [2.45, 2.75) is 18.9 Å². The zero-order valence-corrected chi connectivity index (χ0v) is 13.8. The molecule has 0 spiro atoms. The first-order valence-corrected chi connectivity index (χ1v) is 7.84. The van der Waals surface area contributed by atoms with Crippen LogP contribution in [-0.4, -0.2) is 36.7 Å². The van der Waals surface area contributed by atoms with Crippen molar-refractivity contribution in [2.75, 3.05) is 25.5 Å². The lowest BCUT2D eigenvalue weighted by atomic mass is 9.92. The molecule has 2 heterocycles. The summed E-state index contributed by atoms with van der Waals surface area (Å²) in [5, 5.41) is 6.09. The Morgan fingerprint density at radius 3 is 2.58 bits per heavy atom. The SMILES string of the molecule is COC1(CC(=O)Nc2ccc(Oc3ccncc3)cc2C)CNC1. The summed E-state index contributed by atoms with van der Waals surface area (Å²) in [5.41, 5.74) is 1.34. The Morgan fingerprint density at radius 1 is 1.25 bits per heavy atom. The van der Waals surface area contributed by atoms with Crippen LogP contribution in [0.15, 0.2) is 42.7 Å². The molecule has 0 bridgehead atoms. The Balaban J connectivity index is 1.63. The smallest absolute Gasteiger partial charge is 0.227 e. The van der Waals surface area contributed by atoms with E-state index in [2.05, 4.69) is 15.6 Å². The summed E-state index contributed by atoms with van der Waals surface area (Å²) in [6.07, 6.45) is 3.70. The number of anilines is 1. The number of carbonyl (C=O) groups excluding carboxylic acids is 1. The van der Waals surface area contributed by atoms with Gasteiger partial charge in [0.2, 0.25) is 5.91 Å². The average molecular weight is 327 g/mol. The van der Waals surface area contributed by atoms with Crippen LogP contribution in [0.3, 0.4) is 0 Å². The van der Waals surface area contributed by atoms with Gasteiger partial charge in [-0.2, -0.15) is 0 Å². The molecule has 0 radical (unpaired) electrons. The monoisotopic (exact) mass is 327 g/mol. The van der Waals surface area contributed by atoms with Gasteiger partial charge in [0.1, 0.15) is 17.1 Å². The molecule has 1 amide bonds. The molecular weight excluding hydrogens is 306 g/mol. The van der Waals surface area contributed by atoms with Gasteiger partial charge in [0.15, 0.2) is 0 Å². The molecule has 1 aliphatic rings. The standard InChI is InChI=1S/C18H21N3O3/c1-13-9-15(24-14-5-7-19-8-6-14)3-4-16(13)21-17(22)10-18(23-2)11-20-12-18/h3-9,20H,10-12H2,1-2H3,(H,21,22). The number of hydrogen-bond donors (Lipinski definition) is 2. The minimum Gasteiger partial charge on any atom is -0.457 e. The zero-order chi connectivity index (χ0) is 17.0. The topological polar surface area (TPSA) is 72.5 Å². The van der Waals surface area contributed by atoms with Crippen LogP contribution in [0.2, 0.25) is 0 Å². The number of hydrogen-bond acceptors (Lipinski definition) is 5. The molecule has 1 aromatic carbocycles. The molecule has 1 saturated heterocycles. The maximum atomic E-state index is 12.3. The van der Waals surface area contributed by atoms with E-state index in [4.69, 9.17) is 9.47 Å². The molecule has 6 heteroatoms. The van der Waals surface area contributed by atoms with Crippen molar-refractivity contribution in [1.29, 1.82) is 0 Å². The third-order valence-corrected chi connectivity index (χ3v) is 4.17. The van der Waals surface area contributed by atoms with E-state index in [1.807, 2.05) is 25.1 Å². The molecule has 3 rings (SSSR count). The molecule has 0 unspecified atom stereocenters. The lowest BCUT2D eigenvalue weighted by Gasteiger charge is -2.40. The zero-order valence-electron chi connectivity index (χ0n) is 13.8. The normalized spacial score (nSPS) is 15.4. The van der Waals surface area contributed by atoms with E-state index in [0.717, 1.165) is 17.0 Å². The summed E-state index contributed by atoms with van der Waals surface area (Å²) in [6, 6.07) is 9.17. The minimum absolute atomic E-state index is 0.0516. The Bertz CT molecular complexity index is 709. The fourth-order valence-corrected chi connectivity index (χ4v) is 2.61. The van der Waals surface area contributed by atoms with Crippen LogP contribution in [-0.2, 0) is 9.53 Å². The first kappa shape index (κ1) is 16.4. The number of aromatic nitrogens is 1. The first-order chi connectivity index (χ1) is 11.6. The van der Waals surface area contributed by atoms with Crippen LogP contribution >= 0.6 is 0 Å². The Labute approximate surface area is 141 Å². The predicted molar refractivity (Wildman–Crippen MR) is 91.3 cm³/mol. The van der Waals surface area contributed by atoms with Gasteiger partial charge < -0.3 is 20.1 Å². The van der Waals surface area contributed by atoms with Crippen molar-refractivity contribution in [1.82, 2.24) is 10.3 Å². The maximum absolute atomic E-state index is 12.3. The van der Waals surface area contributed by atoms with Gasteiger partial charge in [0, 0.05) is 38.3 Å². The van der Waals surface area contributed by atoms with Gasteiger partial charge in [0.05, 0.1) is 6.42 Å². The molecule has 126 valence electrons. The Morgan fingerprint density at radius 2 is 2.00 bits per heavy atom. The highest BCUT2D eigenvalue weighted by Crippen LogP contribution is 2.27. The highest BCUT2D eigenvalue weighted by atomic mass is 16.5. The minimum atomic E-state index is -0.373. The lowest BCUT2D eigenvalue weighted by Crippen LogP contribution is -2.61. The number of methoxy groups -OCH3 is 1. The molecule has 0 saturated carbocycles. The number of rotatable bonds is 6. The summed E-state index contributed by atoms with van der Waals surface area (Å²) in [7, 11) is 1.64. The molecule has 6 nitrogen and oxygen atoms in total. The highest BCUT2D eigenvalue weighted by molar-refractivity contribution is 5.92. The molecule has 24 heavy (non-hydrogen) atoms. The van der Waals surface area contributed by atoms with E-state index in [0.29, 0.717) is 25.3 Å². The van der Waals surface area contributed by atoms with E-state index in [-0.39, 0.29) is 11.5 Å². The van der Waals surface area contributed by atoms with Crippen molar-refractivity contribution < 1.29 is 14.3 Å². The van der Waals surface area contributed by atoms with Crippen LogP contribution in [0, 0.1) is 6.92 Å². The number of benzene rings is 1. The van der Waals surface area contributed by atoms with Crippen molar-refractivity contribution >= 4 is 11.6 Å². The molecule has 0 aliphatic carbocycles. The molecule has 1 aliphatic heterocycles. The number of ether oxygens (including phenoxy) is 2. The second-order valence-corrected chi connectivity index (χ2v) is 5.98. The van der Waals surface area contributed by atoms with Gasteiger partial charge in [-0.05, 0) is 42.8 Å². The second kappa shape index (κ2) is 6.98. The van der Waals surface area contributed by atoms with Crippen LogP contribution in [0.25, 0.3) is 0 Å². The predicted octanol–water partition coefficient (Wildman–Crippen LogP) is 2.50. The largest absolute Gasteiger partial charge is 0.457 e. The number of amides is 1. The van der Waals surface area contributed by atoms with E-state index >= 15 is 0 Å². The van der Waals surface area contributed by atoms with Crippen LogP contribution in [0.1, 0.15) is 12.0 Å². The highest BCUT2D eigenvalue weighted by Gasteiger charge is 2.39. The first-order valence-electron chi connectivity index (χ1n) is 7.84. The van der Waals surface area contributed by atoms with Gasteiger partial charge in [-0.3, -0.25) is 9.78 Å². The summed E-state index contributed by atoms with van der Waals surface area (Å²) < 4.78 is 11.2. The van der Waals surface area contributed by atoms with Gasteiger partial charge in [0.25, 0.3) is 0 Å². The quantitative estimate of drug-likeness (QED) is 0.853. The second-order valence-electron chi connectivity index (χ2n) is 5.98. The third-order valence-electron chi connectivity index (χ3n) is 4.17. The number of pyridine rings is 1. The fourth-order valence-electron chi connectivity index (χ4n) is 2.61. The molecule has 1 fully saturated rings. The van der Waals surface area contributed by atoms with E-state index in [1.54, 1.807) is 31.6 Å². The summed E-state index contributed by atoms with van der Waals surface area (Å²) in [6.45, 7) is 3.34. The number of carbonyl (C=O) groups is 1. The van der Waals surface area contributed by atoms with Crippen molar-refractivity contribution in [2.24, 2.45) is 0 Å². The molecule has 1 aromatic heterocycles. The fraction of sp³-hybridized carbons (Fsp3) is 0.333. The molecule has 0 atom stereocenters. The van der Waals surface area contributed by atoms with Gasteiger partial charge in [-0.1, -0.05) is 0 Å². The van der Waals surface area contributed by atoms with Gasteiger partial charge in [-0.15, -0.1) is 0 Å². The van der Waals surface area contributed by atoms with E-state index in [9.17, 15) is 4.79 Å². The van der Waals surface area contributed by atoms with Crippen molar-refractivity contribution in [3.63, 3.8) is 0 Å². The van der Waals surface area contributed by atoms with Gasteiger partial charge >= 0.3 is 0 Å².